The molecule has 3 rings (SSSR count). The molecule has 0 aromatic heterocycles. The Kier molecular flexibility index (Phi) is 3.26. The minimum absolute atomic E-state index is 0.347. The Morgan fingerprint density at radius 1 is 1.11 bits per heavy atom. The predicted molar refractivity (Wildman–Crippen MR) is 83.6 cm³/mol. The lowest BCUT2D eigenvalue weighted by Crippen LogP contribution is -2.42. The van der Waals surface area contributed by atoms with E-state index in [0.29, 0.717) is 5.04 Å². The average molecular weight is 279 g/mol. The SMILES string of the molecule is CC(C)(C)[Si](C)(C)OC[C@H]1CC[C@H]2[C@@H]1[C@H]1C=C[C@@H]2C1. The second-order valence-corrected chi connectivity index (χ2v) is 13.4. The van der Waals surface area contributed by atoms with Crippen molar-refractivity contribution in [1.29, 1.82) is 0 Å². The van der Waals surface area contributed by atoms with Gasteiger partial charge in [-0.25, -0.2) is 0 Å². The molecular formula is C17H30OSi. The molecule has 0 aromatic carbocycles. The van der Waals surface area contributed by atoms with Gasteiger partial charge >= 0.3 is 0 Å². The normalized spacial score (nSPS) is 41.0. The molecule has 0 saturated heterocycles. The molecule has 0 heterocycles. The first-order chi connectivity index (χ1) is 8.79. The van der Waals surface area contributed by atoms with Gasteiger partial charge in [-0.1, -0.05) is 32.9 Å². The molecule has 2 saturated carbocycles. The average Bonchev–Trinajstić information content (AvgIpc) is 2.98. The molecule has 0 radical (unpaired) electrons. The minimum Gasteiger partial charge on any atom is -0.417 e. The molecule has 0 N–H and O–H groups in total. The van der Waals surface area contributed by atoms with Crippen molar-refractivity contribution in [3.8, 4) is 0 Å². The smallest absolute Gasteiger partial charge is 0.191 e. The summed E-state index contributed by atoms with van der Waals surface area (Å²) in [6.07, 6.45) is 9.34. The molecule has 19 heavy (non-hydrogen) atoms. The zero-order valence-electron chi connectivity index (χ0n) is 13.3. The van der Waals surface area contributed by atoms with E-state index in [9.17, 15) is 0 Å². The summed E-state index contributed by atoms with van der Waals surface area (Å²) in [5.41, 5.74) is 0. The van der Waals surface area contributed by atoms with Crippen LogP contribution >= 0.6 is 0 Å². The Labute approximate surface area is 119 Å². The van der Waals surface area contributed by atoms with Crippen LogP contribution in [0.4, 0.5) is 0 Å². The van der Waals surface area contributed by atoms with Gasteiger partial charge in [0.25, 0.3) is 0 Å². The highest BCUT2D eigenvalue weighted by molar-refractivity contribution is 6.74. The topological polar surface area (TPSA) is 9.23 Å². The largest absolute Gasteiger partial charge is 0.417 e. The molecule has 0 aromatic rings. The van der Waals surface area contributed by atoms with Gasteiger partial charge in [-0.15, -0.1) is 0 Å². The minimum atomic E-state index is -1.56. The fraction of sp³-hybridized carbons (Fsp3) is 0.882. The van der Waals surface area contributed by atoms with Crippen molar-refractivity contribution in [3.63, 3.8) is 0 Å². The van der Waals surface area contributed by atoms with Crippen molar-refractivity contribution < 1.29 is 4.43 Å². The summed E-state index contributed by atoms with van der Waals surface area (Å²) in [6.45, 7) is 12.8. The Morgan fingerprint density at radius 3 is 2.47 bits per heavy atom. The van der Waals surface area contributed by atoms with Crippen LogP contribution in [0.2, 0.25) is 18.1 Å². The zero-order valence-corrected chi connectivity index (χ0v) is 14.3. The van der Waals surface area contributed by atoms with Crippen molar-refractivity contribution in [3.05, 3.63) is 12.2 Å². The molecule has 3 aliphatic carbocycles. The quantitative estimate of drug-likeness (QED) is 0.529. The monoisotopic (exact) mass is 278 g/mol. The molecule has 108 valence electrons. The first kappa shape index (κ1) is 13.9. The first-order valence-electron chi connectivity index (χ1n) is 8.12. The number of rotatable bonds is 3. The summed E-state index contributed by atoms with van der Waals surface area (Å²) in [4.78, 5) is 0. The Balaban J connectivity index is 1.62. The van der Waals surface area contributed by atoms with Gasteiger partial charge in [0.15, 0.2) is 8.32 Å². The van der Waals surface area contributed by atoms with E-state index in [4.69, 9.17) is 4.43 Å². The summed E-state index contributed by atoms with van der Waals surface area (Å²) in [5.74, 6) is 4.63. The summed E-state index contributed by atoms with van der Waals surface area (Å²) in [6, 6.07) is 0. The lowest BCUT2D eigenvalue weighted by Gasteiger charge is -2.38. The van der Waals surface area contributed by atoms with Crippen LogP contribution in [0.3, 0.4) is 0 Å². The highest BCUT2D eigenvalue weighted by Gasteiger charge is 2.51. The molecule has 2 fully saturated rings. The lowest BCUT2D eigenvalue weighted by molar-refractivity contribution is 0.173. The maximum absolute atomic E-state index is 6.51. The second kappa shape index (κ2) is 4.46. The van der Waals surface area contributed by atoms with Crippen molar-refractivity contribution in [2.24, 2.45) is 29.6 Å². The van der Waals surface area contributed by atoms with E-state index in [-0.39, 0.29) is 0 Å². The first-order valence-corrected chi connectivity index (χ1v) is 11.0. The van der Waals surface area contributed by atoms with E-state index in [2.05, 4.69) is 46.0 Å². The predicted octanol–water partition coefficient (Wildman–Crippen LogP) is 4.86. The highest BCUT2D eigenvalue weighted by atomic mass is 28.4. The molecule has 0 aliphatic heterocycles. The third-order valence-electron chi connectivity index (χ3n) is 6.57. The molecule has 1 nitrogen and oxygen atoms in total. The van der Waals surface area contributed by atoms with Crippen LogP contribution in [0, 0.1) is 29.6 Å². The fourth-order valence-electron chi connectivity index (χ4n) is 4.39. The van der Waals surface area contributed by atoms with Crippen LogP contribution in [0.25, 0.3) is 0 Å². The van der Waals surface area contributed by atoms with Gasteiger partial charge in [-0.3, -0.25) is 0 Å². The Bertz CT molecular complexity index is 379. The summed E-state index contributed by atoms with van der Waals surface area (Å²) < 4.78 is 6.51. The molecule has 0 unspecified atom stereocenters. The van der Waals surface area contributed by atoms with Gasteiger partial charge in [-0.2, -0.15) is 0 Å². The number of hydrogen-bond acceptors (Lipinski definition) is 1. The van der Waals surface area contributed by atoms with Crippen molar-refractivity contribution in [2.45, 2.75) is 58.2 Å². The number of hydrogen-bond donors (Lipinski definition) is 0. The van der Waals surface area contributed by atoms with Crippen LogP contribution in [0.1, 0.15) is 40.0 Å². The lowest BCUT2D eigenvalue weighted by atomic mass is 9.82. The maximum atomic E-state index is 6.51. The van der Waals surface area contributed by atoms with Gasteiger partial charge < -0.3 is 4.43 Å². The Morgan fingerprint density at radius 2 is 1.79 bits per heavy atom. The molecule has 2 bridgehead atoms. The van der Waals surface area contributed by atoms with Crippen LogP contribution < -0.4 is 0 Å². The molecule has 0 spiro atoms. The maximum Gasteiger partial charge on any atom is 0.191 e. The van der Waals surface area contributed by atoms with Crippen molar-refractivity contribution in [2.75, 3.05) is 6.61 Å². The van der Waals surface area contributed by atoms with Crippen LogP contribution in [0.5, 0.6) is 0 Å². The van der Waals surface area contributed by atoms with Crippen LogP contribution in [-0.4, -0.2) is 14.9 Å². The van der Waals surface area contributed by atoms with E-state index >= 15 is 0 Å². The van der Waals surface area contributed by atoms with E-state index in [1.54, 1.807) is 0 Å². The standard InChI is InChI=1S/C17H30OSi/c1-17(2,3)19(4,5)18-11-14-8-9-15-12-6-7-13(10-12)16(14)15/h6-7,12-16H,8-11H2,1-5H3/t12-,13+,14-,15-,16-/m1/s1. The summed E-state index contributed by atoms with van der Waals surface area (Å²) >= 11 is 0. The second-order valence-electron chi connectivity index (χ2n) is 8.60. The van der Waals surface area contributed by atoms with Crippen molar-refractivity contribution >= 4 is 8.32 Å². The van der Waals surface area contributed by atoms with Crippen molar-refractivity contribution in [1.82, 2.24) is 0 Å². The van der Waals surface area contributed by atoms with E-state index in [1.165, 1.54) is 19.3 Å². The molecule has 3 aliphatic rings. The summed E-state index contributed by atoms with van der Waals surface area (Å²) in [7, 11) is -1.56. The number of allylic oxidation sites excluding steroid dienone is 2. The molecule has 0 amide bonds. The van der Waals surface area contributed by atoms with Crippen LogP contribution in [0.15, 0.2) is 12.2 Å². The highest BCUT2D eigenvalue weighted by Crippen LogP contribution is 2.57. The third kappa shape index (κ3) is 2.25. The fourth-order valence-corrected chi connectivity index (χ4v) is 5.46. The van der Waals surface area contributed by atoms with Gasteiger partial charge in [0.2, 0.25) is 0 Å². The van der Waals surface area contributed by atoms with Gasteiger partial charge in [0.1, 0.15) is 0 Å². The number of fused-ring (bicyclic) bond motifs is 5. The van der Waals surface area contributed by atoms with Gasteiger partial charge in [0.05, 0.1) is 0 Å². The Hall–Kier alpha value is -0.0831. The zero-order chi connectivity index (χ0) is 13.8. The summed E-state index contributed by atoms with van der Waals surface area (Å²) in [5, 5.41) is 0.347. The molecule has 5 atom stereocenters. The molecular weight excluding hydrogens is 248 g/mol. The van der Waals surface area contributed by atoms with Crippen LogP contribution in [-0.2, 0) is 4.43 Å². The van der Waals surface area contributed by atoms with Gasteiger partial charge in [0, 0.05) is 6.61 Å². The van der Waals surface area contributed by atoms with Gasteiger partial charge in [-0.05, 0) is 67.0 Å². The van der Waals surface area contributed by atoms with E-state index < -0.39 is 8.32 Å². The van der Waals surface area contributed by atoms with E-state index in [1.807, 2.05) is 0 Å². The third-order valence-corrected chi connectivity index (χ3v) is 11.1. The molecule has 2 heteroatoms. The van der Waals surface area contributed by atoms with E-state index in [0.717, 1.165) is 36.2 Å².